The van der Waals surface area contributed by atoms with Gasteiger partial charge in [-0.25, -0.2) is 0 Å². The Morgan fingerprint density at radius 1 is 1.19 bits per heavy atom. The van der Waals surface area contributed by atoms with Crippen molar-refractivity contribution in [3.8, 4) is 5.75 Å². The first kappa shape index (κ1) is 22.3. The predicted octanol–water partition coefficient (Wildman–Crippen LogP) is 3.40. The number of aliphatic carboxylic acids is 1. The lowest BCUT2D eigenvalue weighted by molar-refractivity contribution is -0.150. The summed E-state index contributed by atoms with van der Waals surface area (Å²) in [5.74, 6) is -0.133. The lowest BCUT2D eigenvalue weighted by Gasteiger charge is -2.33. The van der Waals surface area contributed by atoms with Crippen LogP contribution in [0.3, 0.4) is 0 Å². The second kappa shape index (κ2) is 9.20. The lowest BCUT2D eigenvalue weighted by atomic mass is 9.70. The van der Waals surface area contributed by atoms with Crippen LogP contribution in [0.1, 0.15) is 40.7 Å². The van der Waals surface area contributed by atoms with Crippen molar-refractivity contribution in [2.75, 3.05) is 7.11 Å². The van der Waals surface area contributed by atoms with Crippen LogP contribution in [-0.2, 0) is 16.0 Å². The molecule has 3 atom stereocenters. The predicted molar refractivity (Wildman–Crippen MR) is 114 cm³/mol. The van der Waals surface area contributed by atoms with Crippen LogP contribution in [0.5, 0.6) is 5.75 Å². The van der Waals surface area contributed by atoms with Gasteiger partial charge in [-0.3, -0.25) is 14.4 Å². The van der Waals surface area contributed by atoms with Gasteiger partial charge in [0.25, 0.3) is 12.4 Å². The fourth-order valence-corrected chi connectivity index (χ4v) is 5.11. The molecule has 2 saturated heterocycles. The van der Waals surface area contributed by atoms with E-state index in [1.165, 1.54) is 0 Å². The molecule has 0 radical (unpaired) electrons. The number of amides is 1. The lowest BCUT2D eigenvalue weighted by Crippen LogP contribution is -2.46. The molecule has 2 bridgehead atoms. The van der Waals surface area contributed by atoms with E-state index in [0.29, 0.717) is 18.4 Å². The summed E-state index contributed by atoms with van der Waals surface area (Å²) < 4.78 is 5.29. The maximum absolute atomic E-state index is 13.3. The first-order valence-electron chi connectivity index (χ1n) is 10.2. The summed E-state index contributed by atoms with van der Waals surface area (Å²) >= 11 is 0. The molecular formula is C24H27NO6. The Hall–Kier alpha value is -3.35. The fraction of sp³-hybridized carbons (Fsp3) is 0.375. The Labute approximate surface area is 181 Å². The minimum Gasteiger partial charge on any atom is -0.496 e. The number of carboxylic acid groups (broad SMARTS) is 2. The molecule has 2 aliphatic heterocycles. The highest BCUT2D eigenvalue weighted by Crippen LogP contribution is 2.52. The average molecular weight is 425 g/mol. The van der Waals surface area contributed by atoms with Crippen molar-refractivity contribution in [1.29, 1.82) is 0 Å². The van der Waals surface area contributed by atoms with Crippen molar-refractivity contribution < 1.29 is 29.3 Å². The minimum atomic E-state index is -0.915. The Balaban J connectivity index is 0.000000858. The number of carbonyl (C=O) groups is 3. The van der Waals surface area contributed by atoms with E-state index in [4.69, 9.17) is 14.6 Å². The molecule has 31 heavy (non-hydrogen) atoms. The number of aryl methyl sites for hydroxylation is 1. The maximum Gasteiger partial charge on any atom is 0.312 e. The van der Waals surface area contributed by atoms with E-state index in [1.54, 1.807) is 19.2 Å². The van der Waals surface area contributed by atoms with Crippen LogP contribution in [0.2, 0.25) is 0 Å². The van der Waals surface area contributed by atoms with Crippen LogP contribution in [0.4, 0.5) is 0 Å². The van der Waals surface area contributed by atoms with Gasteiger partial charge in [-0.2, -0.15) is 0 Å². The Bertz CT molecular complexity index is 960. The van der Waals surface area contributed by atoms with E-state index in [2.05, 4.69) is 0 Å². The van der Waals surface area contributed by atoms with Gasteiger partial charge in [0.2, 0.25) is 0 Å². The van der Waals surface area contributed by atoms with E-state index in [-0.39, 0.29) is 24.5 Å². The van der Waals surface area contributed by atoms with Crippen molar-refractivity contribution >= 4 is 18.3 Å². The molecule has 0 aliphatic carbocycles. The molecule has 7 heteroatoms. The molecule has 4 rings (SSSR count). The van der Waals surface area contributed by atoms with Gasteiger partial charge in [0.1, 0.15) is 5.75 Å². The average Bonchev–Trinajstić information content (AvgIpc) is 3.31. The zero-order valence-corrected chi connectivity index (χ0v) is 17.7. The standard InChI is InChI=1S/C23H25NO4.CH2O2/c1-15-12-17(8-10-19(15)28-2)21(25)24-18-9-11-20(24)23(14-18,22(26)27)13-16-6-4-3-5-7-16;2-1-3/h3-8,10,12,18,20H,9,11,13-14H2,1-2H3,(H,26,27);1H,(H,2,3)/t18-,20+,23+;/m0./s1. The van der Waals surface area contributed by atoms with Crippen molar-refractivity contribution in [1.82, 2.24) is 4.90 Å². The number of ether oxygens (including phenoxy) is 1. The summed E-state index contributed by atoms with van der Waals surface area (Å²) in [6.07, 6.45) is 2.58. The number of nitrogens with zero attached hydrogens (tertiary/aromatic N) is 1. The molecule has 2 aromatic rings. The molecule has 2 heterocycles. The van der Waals surface area contributed by atoms with Gasteiger partial charge in [-0.1, -0.05) is 30.3 Å². The van der Waals surface area contributed by atoms with E-state index in [9.17, 15) is 14.7 Å². The van der Waals surface area contributed by atoms with Crippen LogP contribution in [0.25, 0.3) is 0 Å². The van der Waals surface area contributed by atoms with Crippen LogP contribution >= 0.6 is 0 Å². The maximum atomic E-state index is 13.3. The van der Waals surface area contributed by atoms with Crippen LogP contribution in [0, 0.1) is 12.3 Å². The zero-order chi connectivity index (χ0) is 22.6. The zero-order valence-electron chi connectivity index (χ0n) is 17.7. The van der Waals surface area contributed by atoms with Gasteiger partial charge >= 0.3 is 5.97 Å². The van der Waals surface area contributed by atoms with E-state index < -0.39 is 11.4 Å². The van der Waals surface area contributed by atoms with Gasteiger partial charge in [0, 0.05) is 17.6 Å². The quantitative estimate of drug-likeness (QED) is 0.712. The van der Waals surface area contributed by atoms with Gasteiger partial charge in [-0.05, 0) is 61.9 Å². The normalized spacial score (nSPS) is 23.6. The molecule has 1 amide bonds. The summed E-state index contributed by atoms with van der Waals surface area (Å²) in [6.45, 7) is 1.66. The number of carbonyl (C=O) groups excluding carboxylic acids is 1. The number of benzene rings is 2. The summed E-state index contributed by atoms with van der Waals surface area (Å²) in [7, 11) is 1.61. The molecule has 2 aliphatic rings. The molecule has 2 N–H and O–H groups in total. The highest BCUT2D eigenvalue weighted by molar-refractivity contribution is 5.96. The molecule has 0 unspecified atom stereocenters. The summed E-state index contributed by atoms with van der Waals surface area (Å²) in [4.78, 5) is 35.9. The second-order valence-corrected chi connectivity index (χ2v) is 8.08. The Morgan fingerprint density at radius 3 is 2.45 bits per heavy atom. The smallest absolute Gasteiger partial charge is 0.312 e. The van der Waals surface area contributed by atoms with E-state index in [0.717, 1.165) is 29.7 Å². The number of methoxy groups -OCH3 is 1. The van der Waals surface area contributed by atoms with E-state index in [1.807, 2.05) is 48.2 Å². The monoisotopic (exact) mass is 425 g/mol. The largest absolute Gasteiger partial charge is 0.496 e. The Kier molecular flexibility index (Phi) is 6.63. The third-order valence-corrected chi connectivity index (χ3v) is 6.40. The van der Waals surface area contributed by atoms with Crippen LogP contribution < -0.4 is 4.74 Å². The molecule has 2 fully saturated rings. The molecule has 2 aromatic carbocycles. The molecular weight excluding hydrogens is 398 g/mol. The number of hydrogen-bond donors (Lipinski definition) is 2. The second-order valence-electron chi connectivity index (χ2n) is 8.08. The number of hydrogen-bond acceptors (Lipinski definition) is 4. The fourth-order valence-electron chi connectivity index (χ4n) is 5.11. The molecule has 0 saturated carbocycles. The third kappa shape index (κ3) is 4.13. The topological polar surface area (TPSA) is 104 Å². The van der Waals surface area contributed by atoms with Crippen molar-refractivity contribution in [2.45, 2.75) is 44.7 Å². The van der Waals surface area contributed by atoms with Crippen molar-refractivity contribution in [3.63, 3.8) is 0 Å². The van der Waals surface area contributed by atoms with Crippen LogP contribution in [0.15, 0.2) is 48.5 Å². The van der Waals surface area contributed by atoms with Gasteiger partial charge in [-0.15, -0.1) is 0 Å². The summed E-state index contributed by atoms with van der Waals surface area (Å²) in [6, 6.07) is 14.8. The highest BCUT2D eigenvalue weighted by atomic mass is 16.5. The molecule has 0 spiro atoms. The molecule has 0 aromatic heterocycles. The highest BCUT2D eigenvalue weighted by Gasteiger charge is 2.61. The van der Waals surface area contributed by atoms with Gasteiger partial charge in [0.05, 0.1) is 12.5 Å². The number of carboxylic acids is 1. The van der Waals surface area contributed by atoms with Crippen molar-refractivity contribution in [2.24, 2.45) is 5.41 Å². The molecule has 164 valence electrons. The Morgan fingerprint density at radius 2 is 1.87 bits per heavy atom. The van der Waals surface area contributed by atoms with Gasteiger partial charge in [0.15, 0.2) is 0 Å². The van der Waals surface area contributed by atoms with E-state index >= 15 is 0 Å². The van der Waals surface area contributed by atoms with Crippen LogP contribution in [-0.4, -0.2) is 52.7 Å². The summed E-state index contributed by atoms with van der Waals surface area (Å²) in [5, 5.41) is 17.1. The number of rotatable bonds is 5. The summed E-state index contributed by atoms with van der Waals surface area (Å²) in [5.41, 5.74) is 1.58. The first-order valence-corrected chi connectivity index (χ1v) is 10.2. The van der Waals surface area contributed by atoms with Gasteiger partial charge < -0.3 is 19.8 Å². The first-order chi connectivity index (χ1) is 14.9. The van der Waals surface area contributed by atoms with Crippen molar-refractivity contribution in [3.05, 3.63) is 65.2 Å². The SMILES string of the molecule is COc1ccc(C(=O)N2[C@H]3CC[C@@H]2[C@](Cc2ccccc2)(C(=O)O)C3)cc1C.O=CO. The third-order valence-electron chi connectivity index (χ3n) is 6.40. The minimum absolute atomic E-state index is 0.0141. The number of fused-ring (bicyclic) bond motifs is 2. The molecule has 7 nitrogen and oxygen atoms in total.